The molecule has 0 aliphatic heterocycles. The summed E-state index contributed by atoms with van der Waals surface area (Å²) in [6.45, 7) is 0. The Labute approximate surface area is 103 Å². The van der Waals surface area contributed by atoms with Crippen LogP contribution in [0.4, 0.5) is 0 Å². The number of carboxylic acids is 1. The predicted molar refractivity (Wildman–Crippen MR) is 65.5 cm³/mol. The number of carboxylic acid groups (broad SMARTS) is 1. The summed E-state index contributed by atoms with van der Waals surface area (Å²) in [7, 11) is 0. The Morgan fingerprint density at radius 2 is 1.71 bits per heavy atom. The van der Waals surface area contributed by atoms with Gasteiger partial charge in [0.05, 0.1) is 10.6 Å². The van der Waals surface area contributed by atoms with Crippen molar-refractivity contribution < 1.29 is 15.0 Å². The molecule has 2 aromatic rings. The molecule has 0 spiro atoms. The molecule has 2 rings (SSSR count). The van der Waals surface area contributed by atoms with Crippen molar-refractivity contribution in [2.24, 2.45) is 0 Å². The normalized spacial score (nSPS) is 10.2. The second kappa shape index (κ2) is 4.47. The molecule has 4 heteroatoms. The van der Waals surface area contributed by atoms with Gasteiger partial charge in [-0.05, 0) is 29.8 Å². The first kappa shape index (κ1) is 11.5. The number of phenolic OH excluding ortho intramolecular Hbond substituents is 1. The van der Waals surface area contributed by atoms with Crippen molar-refractivity contribution >= 4 is 17.6 Å². The topological polar surface area (TPSA) is 57.5 Å². The summed E-state index contributed by atoms with van der Waals surface area (Å²) in [5.41, 5.74) is 1.38. The van der Waals surface area contributed by atoms with Crippen LogP contribution in [0.5, 0.6) is 5.75 Å². The van der Waals surface area contributed by atoms with E-state index in [0.717, 1.165) is 0 Å². The summed E-state index contributed by atoms with van der Waals surface area (Å²) in [6.07, 6.45) is 0. The van der Waals surface area contributed by atoms with Crippen LogP contribution < -0.4 is 0 Å². The lowest BCUT2D eigenvalue weighted by atomic mass is 10.0. The molecule has 0 bridgehead atoms. The molecule has 0 amide bonds. The lowest BCUT2D eigenvalue weighted by molar-refractivity contribution is 0.0697. The zero-order valence-corrected chi connectivity index (χ0v) is 9.48. The van der Waals surface area contributed by atoms with Crippen LogP contribution in [0.3, 0.4) is 0 Å². The van der Waals surface area contributed by atoms with E-state index < -0.39 is 5.97 Å². The minimum atomic E-state index is -0.986. The number of aromatic hydroxyl groups is 1. The average Bonchev–Trinajstić information content (AvgIpc) is 2.29. The van der Waals surface area contributed by atoms with Crippen LogP contribution in [0, 0.1) is 0 Å². The van der Waals surface area contributed by atoms with E-state index in [0.29, 0.717) is 16.1 Å². The fourth-order valence-corrected chi connectivity index (χ4v) is 1.86. The van der Waals surface area contributed by atoms with Crippen molar-refractivity contribution in [3.05, 3.63) is 53.1 Å². The largest absolute Gasteiger partial charge is 0.507 e. The fourth-order valence-electron chi connectivity index (χ4n) is 1.58. The first-order valence-corrected chi connectivity index (χ1v) is 5.28. The third kappa shape index (κ3) is 2.24. The van der Waals surface area contributed by atoms with Gasteiger partial charge in [-0.3, -0.25) is 0 Å². The van der Waals surface area contributed by atoms with Crippen molar-refractivity contribution in [2.75, 3.05) is 0 Å². The molecule has 0 radical (unpaired) electrons. The molecule has 2 N–H and O–H groups in total. The van der Waals surface area contributed by atoms with Gasteiger partial charge >= 0.3 is 5.97 Å². The molecule has 17 heavy (non-hydrogen) atoms. The standard InChI is InChI=1S/C13H9ClO3/c14-10-2-1-3-11(15)12(10)8-4-6-9(7-5-8)13(16)17/h1-7,15H,(H,16,17). The van der Waals surface area contributed by atoms with E-state index in [1.807, 2.05) is 0 Å². The van der Waals surface area contributed by atoms with E-state index in [9.17, 15) is 9.90 Å². The number of aromatic carboxylic acids is 1. The molecule has 0 saturated carbocycles. The summed E-state index contributed by atoms with van der Waals surface area (Å²) in [5.74, 6) is -0.916. The van der Waals surface area contributed by atoms with Crippen molar-refractivity contribution in [2.45, 2.75) is 0 Å². The zero-order valence-electron chi connectivity index (χ0n) is 8.72. The van der Waals surface area contributed by atoms with E-state index in [1.165, 1.54) is 18.2 Å². The summed E-state index contributed by atoms with van der Waals surface area (Å²) >= 11 is 5.99. The van der Waals surface area contributed by atoms with Gasteiger partial charge < -0.3 is 10.2 Å². The monoisotopic (exact) mass is 248 g/mol. The number of carbonyl (C=O) groups is 1. The highest BCUT2D eigenvalue weighted by molar-refractivity contribution is 6.33. The number of hydrogen-bond donors (Lipinski definition) is 2. The van der Waals surface area contributed by atoms with E-state index >= 15 is 0 Å². The third-order valence-corrected chi connectivity index (χ3v) is 2.73. The molecular weight excluding hydrogens is 240 g/mol. The van der Waals surface area contributed by atoms with Gasteiger partial charge in [0.2, 0.25) is 0 Å². The van der Waals surface area contributed by atoms with E-state index in [-0.39, 0.29) is 11.3 Å². The lowest BCUT2D eigenvalue weighted by Gasteiger charge is -2.07. The van der Waals surface area contributed by atoms with E-state index in [1.54, 1.807) is 24.3 Å². The van der Waals surface area contributed by atoms with E-state index in [4.69, 9.17) is 16.7 Å². The average molecular weight is 249 g/mol. The Bertz CT molecular complexity index is 541. The number of rotatable bonds is 2. The van der Waals surface area contributed by atoms with Crippen LogP contribution in [0.2, 0.25) is 5.02 Å². The van der Waals surface area contributed by atoms with Gasteiger partial charge in [0, 0.05) is 5.56 Å². The van der Waals surface area contributed by atoms with Gasteiger partial charge in [0.15, 0.2) is 0 Å². The summed E-state index contributed by atoms with van der Waals surface area (Å²) in [6, 6.07) is 11.0. The second-order valence-electron chi connectivity index (χ2n) is 3.52. The number of benzene rings is 2. The minimum Gasteiger partial charge on any atom is -0.507 e. The quantitative estimate of drug-likeness (QED) is 0.856. The number of halogens is 1. The van der Waals surface area contributed by atoms with Crippen LogP contribution in [0.15, 0.2) is 42.5 Å². The van der Waals surface area contributed by atoms with Crippen LogP contribution in [-0.2, 0) is 0 Å². The highest BCUT2D eigenvalue weighted by atomic mass is 35.5. The molecule has 0 unspecified atom stereocenters. The predicted octanol–water partition coefficient (Wildman–Crippen LogP) is 3.41. The Balaban J connectivity index is 2.50. The van der Waals surface area contributed by atoms with Gasteiger partial charge in [-0.25, -0.2) is 4.79 Å². The molecular formula is C13H9ClO3. The minimum absolute atomic E-state index is 0.0700. The van der Waals surface area contributed by atoms with Crippen molar-refractivity contribution in [3.8, 4) is 16.9 Å². The second-order valence-corrected chi connectivity index (χ2v) is 3.92. The summed E-state index contributed by atoms with van der Waals surface area (Å²) in [5, 5.41) is 18.9. The van der Waals surface area contributed by atoms with Gasteiger partial charge in [-0.1, -0.05) is 29.8 Å². The SMILES string of the molecule is O=C(O)c1ccc(-c2c(O)cccc2Cl)cc1. The summed E-state index contributed by atoms with van der Waals surface area (Å²) in [4.78, 5) is 10.7. The smallest absolute Gasteiger partial charge is 0.335 e. The fraction of sp³-hybridized carbons (Fsp3) is 0. The molecule has 86 valence electrons. The molecule has 0 heterocycles. The highest BCUT2D eigenvalue weighted by Crippen LogP contribution is 2.35. The highest BCUT2D eigenvalue weighted by Gasteiger charge is 2.09. The van der Waals surface area contributed by atoms with Crippen LogP contribution >= 0.6 is 11.6 Å². The Morgan fingerprint density at radius 3 is 2.24 bits per heavy atom. The van der Waals surface area contributed by atoms with Crippen LogP contribution in [-0.4, -0.2) is 16.2 Å². The maximum Gasteiger partial charge on any atom is 0.335 e. The van der Waals surface area contributed by atoms with Gasteiger partial charge in [0.1, 0.15) is 5.75 Å². The van der Waals surface area contributed by atoms with E-state index in [2.05, 4.69) is 0 Å². The van der Waals surface area contributed by atoms with Crippen LogP contribution in [0.1, 0.15) is 10.4 Å². The van der Waals surface area contributed by atoms with Gasteiger partial charge in [-0.2, -0.15) is 0 Å². The molecule has 0 saturated heterocycles. The van der Waals surface area contributed by atoms with Gasteiger partial charge in [0.25, 0.3) is 0 Å². The number of phenols is 1. The first-order valence-electron chi connectivity index (χ1n) is 4.91. The van der Waals surface area contributed by atoms with Crippen molar-refractivity contribution in [1.82, 2.24) is 0 Å². The maximum absolute atomic E-state index is 10.7. The molecule has 0 fully saturated rings. The maximum atomic E-state index is 10.7. The Morgan fingerprint density at radius 1 is 1.06 bits per heavy atom. The summed E-state index contributed by atoms with van der Waals surface area (Å²) < 4.78 is 0. The van der Waals surface area contributed by atoms with Gasteiger partial charge in [-0.15, -0.1) is 0 Å². The molecule has 0 aromatic heterocycles. The van der Waals surface area contributed by atoms with Crippen LogP contribution in [0.25, 0.3) is 11.1 Å². The molecule has 0 aliphatic carbocycles. The molecule has 0 atom stereocenters. The zero-order chi connectivity index (χ0) is 12.4. The number of hydrogen-bond acceptors (Lipinski definition) is 2. The van der Waals surface area contributed by atoms with Crippen molar-refractivity contribution in [1.29, 1.82) is 0 Å². The van der Waals surface area contributed by atoms with Crippen molar-refractivity contribution in [3.63, 3.8) is 0 Å². The molecule has 0 aliphatic rings. The Hall–Kier alpha value is -2.00. The lowest BCUT2D eigenvalue weighted by Crippen LogP contribution is -1.95. The first-order chi connectivity index (χ1) is 8.09. The Kier molecular flexibility index (Phi) is 3.02. The third-order valence-electron chi connectivity index (χ3n) is 2.41. The molecule has 3 nitrogen and oxygen atoms in total. The molecule has 2 aromatic carbocycles.